The van der Waals surface area contributed by atoms with E-state index in [1.165, 1.54) is 11.1 Å². The zero-order chi connectivity index (χ0) is 15.0. The summed E-state index contributed by atoms with van der Waals surface area (Å²) in [6, 6.07) is 14.2. The van der Waals surface area contributed by atoms with Crippen LogP contribution in [0, 0.1) is 5.41 Å². The van der Waals surface area contributed by atoms with Gasteiger partial charge in [-0.05, 0) is 35.1 Å². The van der Waals surface area contributed by atoms with Crippen LogP contribution in [0.5, 0.6) is 11.5 Å². The lowest BCUT2D eigenvalue weighted by molar-refractivity contribution is 0.337. The molecule has 110 valence electrons. The highest BCUT2D eigenvalue weighted by Crippen LogP contribution is 2.47. The van der Waals surface area contributed by atoms with Crippen LogP contribution in [0.15, 0.2) is 42.5 Å². The van der Waals surface area contributed by atoms with Gasteiger partial charge in [0.2, 0.25) is 0 Å². The molecule has 0 bridgehead atoms. The third-order valence-corrected chi connectivity index (χ3v) is 4.28. The second-order valence-electron chi connectivity index (χ2n) is 6.33. The molecule has 2 aromatic carbocycles. The summed E-state index contributed by atoms with van der Waals surface area (Å²) in [5.41, 5.74) is 3.79. The number of phenols is 1. The van der Waals surface area contributed by atoms with Crippen molar-refractivity contribution in [3.63, 3.8) is 0 Å². The predicted octanol–water partition coefficient (Wildman–Crippen LogP) is 4.14. The maximum atomic E-state index is 9.93. The number of ether oxygens (including phenoxy) is 1. The molecule has 0 radical (unpaired) electrons. The zero-order valence-corrected chi connectivity index (χ0v) is 12.7. The van der Waals surface area contributed by atoms with E-state index in [0.29, 0.717) is 5.75 Å². The number of benzene rings is 2. The standard InChI is InChI=1S/C18H21NO2/c1-18(2)11-12-6-4-5-7-14(12)17(18)19-13-8-9-16(21-3)15(20)10-13/h4-10,17,19-20H,11H2,1-3H3. The van der Waals surface area contributed by atoms with Crippen LogP contribution in [0.4, 0.5) is 5.69 Å². The lowest BCUT2D eigenvalue weighted by atomic mass is 9.85. The second kappa shape index (κ2) is 4.99. The molecule has 21 heavy (non-hydrogen) atoms. The summed E-state index contributed by atoms with van der Waals surface area (Å²) in [6.45, 7) is 4.54. The van der Waals surface area contributed by atoms with Crippen molar-refractivity contribution in [2.45, 2.75) is 26.3 Å². The number of anilines is 1. The molecule has 1 unspecified atom stereocenters. The van der Waals surface area contributed by atoms with E-state index in [2.05, 4.69) is 43.4 Å². The zero-order valence-electron chi connectivity index (χ0n) is 12.7. The molecular weight excluding hydrogens is 262 g/mol. The van der Waals surface area contributed by atoms with Crippen LogP contribution in [-0.4, -0.2) is 12.2 Å². The van der Waals surface area contributed by atoms with Gasteiger partial charge < -0.3 is 15.2 Å². The summed E-state index contributed by atoms with van der Waals surface area (Å²) in [6.07, 6.45) is 1.06. The van der Waals surface area contributed by atoms with Crippen molar-refractivity contribution in [3.05, 3.63) is 53.6 Å². The van der Waals surface area contributed by atoms with E-state index in [1.54, 1.807) is 19.2 Å². The molecule has 0 aliphatic heterocycles. The molecule has 0 saturated heterocycles. The molecule has 1 aliphatic rings. The minimum atomic E-state index is 0.138. The molecule has 0 fully saturated rings. The fraction of sp³-hybridized carbons (Fsp3) is 0.333. The van der Waals surface area contributed by atoms with Crippen LogP contribution in [0.25, 0.3) is 0 Å². The number of phenolic OH excluding ortho intramolecular Hbond substituents is 1. The first kappa shape index (κ1) is 13.8. The topological polar surface area (TPSA) is 41.5 Å². The Hall–Kier alpha value is -2.16. The highest BCUT2D eigenvalue weighted by molar-refractivity contribution is 5.56. The Kier molecular flexibility index (Phi) is 3.28. The first-order chi connectivity index (χ1) is 10.0. The van der Waals surface area contributed by atoms with Crippen molar-refractivity contribution >= 4 is 5.69 Å². The van der Waals surface area contributed by atoms with Gasteiger partial charge in [0.1, 0.15) is 0 Å². The first-order valence-electron chi connectivity index (χ1n) is 7.22. The summed E-state index contributed by atoms with van der Waals surface area (Å²) in [5.74, 6) is 0.651. The molecule has 1 atom stereocenters. The summed E-state index contributed by atoms with van der Waals surface area (Å²) in [7, 11) is 1.55. The molecule has 3 rings (SSSR count). The van der Waals surface area contributed by atoms with Gasteiger partial charge in [0.25, 0.3) is 0 Å². The van der Waals surface area contributed by atoms with E-state index in [9.17, 15) is 5.11 Å². The summed E-state index contributed by atoms with van der Waals surface area (Å²) >= 11 is 0. The maximum absolute atomic E-state index is 9.93. The summed E-state index contributed by atoms with van der Waals surface area (Å²) < 4.78 is 5.09. The Morgan fingerprint density at radius 3 is 2.67 bits per heavy atom. The van der Waals surface area contributed by atoms with Crippen LogP contribution in [0.3, 0.4) is 0 Å². The number of hydrogen-bond donors (Lipinski definition) is 2. The van der Waals surface area contributed by atoms with Gasteiger partial charge in [-0.3, -0.25) is 0 Å². The average Bonchev–Trinajstić information content (AvgIpc) is 2.70. The number of rotatable bonds is 3. The lowest BCUT2D eigenvalue weighted by Crippen LogP contribution is -2.24. The Balaban J connectivity index is 1.92. The van der Waals surface area contributed by atoms with E-state index in [4.69, 9.17) is 4.74 Å². The van der Waals surface area contributed by atoms with Gasteiger partial charge in [0.15, 0.2) is 11.5 Å². The minimum absolute atomic E-state index is 0.138. The molecule has 3 nitrogen and oxygen atoms in total. The quantitative estimate of drug-likeness (QED) is 0.889. The van der Waals surface area contributed by atoms with Crippen LogP contribution < -0.4 is 10.1 Å². The number of nitrogens with one attached hydrogen (secondary N) is 1. The fourth-order valence-corrected chi connectivity index (χ4v) is 3.21. The van der Waals surface area contributed by atoms with E-state index >= 15 is 0 Å². The van der Waals surface area contributed by atoms with Crippen molar-refractivity contribution in [3.8, 4) is 11.5 Å². The molecule has 0 heterocycles. The van der Waals surface area contributed by atoms with Gasteiger partial charge >= 0.3 is 0 Å². The van der Waals surface area contributed by atoms with E-state index in [-0.39, 0.29) is 17.2 Å². The van der Waals surface area contributed by atoms with E-state index in [0.717, 1.165) is 12.1 Å². The Morgan fingerprint density at radius 2 is 1.95 bits per heavy atom. The largest absolute Gasteiger partial charge is 0.504 e. The van der Waals surface area contributed by atoms with Gasteiger partial charge in [-0.1, -0.05) is 38.1 Å². The SMILES string of the molecule is COc1ccc(NC2c3ccccc3CC2(C)C)cc1O. The van der Waals surface area contributed by atoms with Crippen molar-refractivity contribution in [2.75, 3.05) is 12.4 Å². The minimum Gasteiger partial charge on any atom is -0.504 e. The predicted molar refractivity (Wildman–Crippen MR) is 84.9 cm³/mol. The van der Waals surface area contributed by atoms with Crippen molar-refractivity contribution in [1.29, 1.82) is 0 Å². The van der Waals surface area contributed by atoms with Crippen molar-refractivity contribution in [2.24, 2.45) is 5.41 Å². The number of aromatic hydroxyl groups is 1. The van der Waals surface area contributed by atoms with Gasteiger partial charge in [-0.2, -0.15) is 0 Å². The van der Waals surface area contributed by atoms with Gasteiger partial charge in [0.05, 0.1) is 13.2 Å². The van der Waals surface area contributed by atoms with Crippen molar-refractivity contribution < 1.29 is 9.84 Å². The van der Waals surface area contributed by atoms with Crippen molar-refractivity contribution in [1.82, 2.24) is 0 Å². The van der Waals surface area contributed by atoms with Gasteiger partial charge in [-0.25, -0.2) is 0 Å². The molecule has 2 N–H and O–H groups in total. The van der Waals surface area contributed by atoms with Gasteiger partial charge in [0, 0.05) is 11.8 Å². The number of methoxy groups -OCH3 is 1. The van der Waals surface area contributed by atoms with Crippen LogP contribution in [-0.2, 0) is 6.42 Å². The van der Waals surface area contributed by atoms with Crippen LogP contribution in [0.1, 0.15) is 31.0 Å². The Morgan fingerprint density at radius 1 is 1.19 bits per heavy atom. The fourth-order valence-electron chi connectivity index (χ4n) is 3.21. The van der Waals surface area contributed by atoms with Gasteiger partial charge in [-0.15, -0.1) is 0 Å². The number of hydrogen-bond acceptors (Lipinski definition) is 3. The molecule has 2 aromatic rings. The average molecular weight is 283 g/mol. The second-order valence-corrected chi connectivity index (χ2v) is 6.33. The Bertz CT molecular complexity index is 664. The maximum Gasteiger partial charge on any atom is 0.160 e. The molecule has 0 spiro atoms. The third kappa shape index (κ3) is 2.44. The molecular formula is C18H21NO2. The third-order valence-electron chi connectivity index (χ3n) is 4.28. The number of fused-ring (bicyclic) bond motifs is 1. The van der Waals surface area contributed by atoms with Crippen LogP contribution in [0.2, 0.25) is 0 Å². The molecule has 0 aromatic heterocycles. The smallest absolute Gasteiger partial charge is 0.160 e. The monoisotopic (exact) mass is 283 g/mol. The molecule has 0 amide bonds. The summed E-state index contributed by atoms with van der Waals surface area (Å²) in [5, 5.41) is 13.5. The van der Waals surface area contributed by atoms with Crippen LogP contribution >= 0.6 is 0 Å². The first-order valence-corrected chi connectivity index (χ1v) is 7.22. The summed E-state index contributed by atoms with van der Waals surface area (Å²) in [4.78, 5) is 0. The Labute approximate surface area is 125 Å². The van der Waals surface area contributed by atoms with E-state index < -0.39 is 0 Å². The highest BCUT2D eigenvalue weighted by Gasteiger charge is 2.38. The normalized spacial score (nSPS) is 19.1. The lowest BCUT2D eigenvalue weighted by Gasteiger charge is -2.29. The van der Waals surface area contributed by atoms with E-state index in [1.807, 2.05) is 6.07 Å². The molecule has 0 saturated carbocycles. The highest BCUT2D eigenvalue weighted by atomic mass is 16.5. The molecule has 1 aliphatic carbocycles. The molecule has 3 heteroatoms.